The Morgan fingerprint density at radius 2 is 1.96 bits per heavy atom. The van der Waals surface area contributed by atoms with Crippen molar-refractivity contribution in [3.8, 4) is 6.07 Å². The van der Waals surface area contributed by atoms with E-state index in [-0.39, 0.29) is 12.4 Å². The molecule has 1 aliphatic heterocycles. The zero-order chi connectivity index (χ0) is 19.8. The maximum atomic E-state index is 14.0. The Balaban J connectivity index is 1.54. The van der Waals surface area contributed by atoms with E-state index in [0.29, 0.717) is 17.2 Å². The Bertz CT molecular complexity index is 697. The van der Waals surface area contributed by atoms with E-state index in [1.807, 2.05) is 6.92 Å². The molecule has 5 nitrogen and oxygen atoms in total. The van der Waals surface area contributed by atoms with Crippen LogP contribution in [-0.2, 0) is 6.54 Å². The molecule has 152 valence electrons. The Morgan fingerprint density at radius 1 is 1.21 bits per heavy atom. The first-order valence-corrected chi connectivity index (χ1v) is 10.7. The summed E-state index contributed by atoms with van der Waals surface area (Å²) in [6.07, 6.45) is 9.09. The lowest BCUT2D eigenvalue weighted by atomic mass is 9.92. The minimum absolute atomic E-state index is 0.220. The smallest absolute Gasteiger partial charge is 0.191 e. The lowest BCUT2D eigenvalue weighted by Crippen LogP contribution is -2.50. The number of benzene rings is 1. The molecule has 28 heavy (non-hydrogen) atoms. The van der Waals surface area contributed by atoms with Crippen molar-refractivity contribution in [3.63, 3.8) is 0 Å². The van der Waals surface area contributed by atoms with Crippen LogP contribution in [0.4, 0.5) is 4.39 Å². The van der Waals surface area contributed by atoms with E-state index in [0.717, 1.165) is 44.5 Å². The molecule has 1 aliphatic carbocycles. The number of guanidine groups is 1. The predicted molar refractivity (Wildman–Crippen MR) is 111 cm³/mol. The summed E-state index contributed by atoms with van der Waals surface area (Å²) >= 11 is 0. The van der Waals surface area contributed by atoms with E-state index in [9.17, 15) is 4.39 Å². The zero-order valence-corrected chi connectivity index (χ0v) is 16.9. The Kier molecular flexibility index (Phi) is 7.67. The van der Waals surface area contributed by atoms with Crippen LogP contribution >= 0.6 is 0 Å². The maximum Gasteiger partial charge on any atom is 0.191 e. The fourth-order valence-electron chi connectivity index (χ4n) is 4.30. The molecular weight excluding hydrogens is 353 g/mol. The molecule has 0 bridgehead atoms. The highest BCUT2D eigenvalue weighted by atomic mass is 19.1. The van der Waals surface area contributed by atoms with Gasteiger partial charge in [0, 0.05) is 37.3 Å². The van der Waals surface area contributed by atoms with Gasteiger partial charge in [-0.25, -0.2) is 9.38 Å². The van der Waals surface area contributed by atoms with Crippen LogP contribution < -0.4 is 10.6 Å². The minimum Gasteiger partial charge on any atom is -0.357 e. The molecule has 1 heterocycles. The van der Waals surface area contributed by atoms with Crippen LogP contribution in [0, 0.1) is 17.1 Å². The molecular formula is C22H32FN5. The van der Waals surface area contributed by atoms with Crippen LogP contribution in [0.25, 0.3) is 0 Å². The molecule has 1 aromatic carbocycles. The van der Waals surface area contributed by atoms with Crippen LogP contribution in [-0.4, -0.2) is 42.6 Å². The summed E-state index contributed by atoms with van der Waals surface area (Å²) in [7, 11) is 0. The summed E-state index contributed by atoms with van der Waals surface area (Å²) in [5.41, 5.74) is 0.906. The van der Waals surface area contributed by atoms with E-state index in [1.54, 1.807) is 6.07 Å². The summed E-state index contributed by atoms with van der Waals surface area (Å²) in [6.45, 7) is 5.28. The van der Waals surface area contributed by atoms with E-state index >= 15 is 0 Å². The van der Waals surface area contributed by atoms with Gasteiger partial charge < -0.3 is 15.5 Å². The lowest BCUT2D eigenvalue weighted by molar-refractivity contribution is 0.119. The highest BCUT2D eigenvalue weighted by molar-refractivity contribution is 5.80. The topological polar surface area (TPSA) is 63.5 Å². The largest absolute Gasteiger partial charge is 0.357 e. The molecule has 0 unspecified atom stereocenters. The number of hydrogen-bond acceptors (Lipinski definition) is 3. The number of hydrogen-bond donors (Lipinski definition) is 2. The van der Waals surface area contributed by atoms with E-state index in [2.05, 4.69) is 26.6 Å². The van der Waals surface area contributed by atoms with Crippen LogP contribution in [0.1, 0.15) is 63.0 Å². The van der Waals surface area contributed by atoms with Crippen molar-refractivity contribution in [1.82, 2.24) is 15.5 Å². The second kappa shape index (κ2) is 10.4. The van der Waals surface area contributed by atoms with E-state index in [4.69, 9.17) is 5.26 Å². The van der Waals surface area contributed by atoms with Gasteiger partial charge in [0.15, 0.2) is 5.96 Å². The Hall–Kier alpha value is -2.13. The molecule has 0 aromatic heterocycles. The molecule has 6 heteroatoms. The normalized spacial score (nSPS) is 20.0. The number of nitrogens with one attached hydrogen (secondary N) is 2. The van der Waals surface area contributed by atoms with Crippen molar-refractivity contribution in [2.75, 3.05) is 19.6 Å². The molecule has 1 saturated heterocycles. The molecule has 0 amide bonds. The number of aliphatic imine (C=N–C) groups is 1. The highest BCUT2D eigenvalue weighted by Crippen LogP contribution is 2.25. The van der Waals surface area contributed by atoms with Gasteiger partial charge in [-0.2, -0.15) is 5.26 Å². The van der Waals surface area contributed by atoms with Gasteiger partial charge in [-0.3, -0.25) is 0 Å². The van der Waals surface area contributed by atoms with Gasteiger partial charge in [0.25, 0.3) is 0 Å². The van der Waals surface area contributed by atoms with Gasteiger partial charge in [-0.05, 0) is 50.8 Å². The van der Waals surface area contributed by atoms with Gasteiger partial charge in [0.05, 0.1) is 18.2 Å². The number of likely N-dealkylation sites (tertiary alicyclic amines) is 1. The van der Waals surface area contributed by atoms with Crippen LogP contribution in [0.5, 0.6) is 0 Å². The first-order chi connectivity index (χ1) is 13.7. The number of piperidine rings is 1. The number of rotatable bonds is 5. The first kappa shape index (κ1) is 20.6. The van der Waals surface area contributed by atoms with Crippen LogP contribution in [0.2, 0.25) is 0 Å². The van der Waals surface area contributed by atoms with Crippen molar-refractivity contribution in [2.24, 2.45) is 4.99 Å². The van der Waals surface area contributed by atoms with Gasteiger partial charge >= 0.3 is 0 Å². The minimum atomic E-state index is -0.320. The van der Waals surface area contributed by atoms with Crippen LogP contribution in [0.3, 0.4) is 0 Å². The number of halogens is 1. The second-order valence-corrected chi connectivity index (χ2v) is 7.86. The Labute approximate surface area is 168 Å². The average molecular weight is 386 g/mol. The molecule has 1 aromatic rings. The SMILES string of the molecule is CCNC(=NCc1cc(C#N)ccc1F)NC1CCN(C2CCCCC2)CC1. The Morgan fingerprint density at radius 3 is 2.64 bits per heavy atom. The molecule has 2 N–H and O–H groups in total. The summed E-state index contributed by atoms with van der Waals surface area (Å²) in [5.74, 6) is 0.403. The fourth-order valence-corrected chi connectivity index (χ4v) is 4.30. The molecule has 0 atom stereocenters. The van der Waals surface area contributed by atoms with Gasteiger partial charge in [0.2, 0.25) is 0 Å². The monoisotopic (exact) mass is 385 g/mol. The third kappa shape index (κ3) is 5.68. The molecule has 1 saturated carbocycles. The molecule has 0 radical (unpaired) electrons. The van der Waals surface area contributed by atoms with Crippen LogP contribution in [0.15, 0.2) is 23.2 Å². The third-order valence-corrected chi connectivity index (χ3v) is 5.89. The number of nitriles is 1. The quantitative estimate of drug-likeness (QED) is 0.601. The van der Waals surface area contributed by atoms with E-state index < -0.39 is 0 Å². The molecule has 0 spiro atoms. The van der Waals surface area contributed by atoms with Gasteiger partial charge in [-0.1, -0.05) is 19.3 Å². The van der Waals surface area contributed by atoms with Crippen molar-refractivity contribution in [1.29, 1.82) is 5.26 Å². The van der Waals surface area contributed by atoms with E-state index in [1.165, 1.54) is 44.2 Å². The van der Waals surface area contributed by atoms with Crippen molar-refractivity contribution in [2.45, 2.75) is 70.5 Å². The standard InChI is InChI=1S/C22H32FN5/c1-2-25-22(26-16-18-14-17(15-24)8-9-21(18)23)27-19-10-12-28(13-11-19)20-6-4-3-5-7-20/h8-9,14,19-20H,2-7,10-13,16H2,1H3,(H2,25,26,27). The zero-order valence-electron chi connectivity index (χ0n) is 16.9. The molecule has 3 rings (SSSR count). The maximum absolute atomic E-state index is 14.0. The average Bonchev–Trinajstić information content (AvgIpc) is 2.74. The predicted octanol–water partition coefficient (Wildman–Crippen LogP) is 3.55. The van der Waals surface area contributed by atoms with Gasteiger partial charge in [0.1, 0.15) is 5.82 Å². The number of nitrogens with zero attached hydrogens (tertiary/aromatic N) is 3. The summed E-state index contributed by atoms with van der Waals surface area (Å²) in [6, 6.07) is 7.64. The summed E-state index contributed by atoms with van der Waals surface area (Å²) in [5, 5.41) is 15.8. The van der Waals surface area contributed by atoms with Crippen molar-refractivity contribution < 1.29 is 4.39 Å². The fraction of sp³-hybridized carbons (Fsp3) is 0.636. The molecule has 2 aliphatic rings. The van der Waals surface area contributed by atoms with Crippen molar-refractivity contribution in [3.05, 3.63) is 35.1 Å². The van der Waals surface area contributed by atoms with Crippen molar-refractivity contribution >= 4 is 5.96 Å². The second-order valence-electron chi connectivity index (χ2n) is 7.86. The highest BCUT2D eigenvalue weighted by Gasteiger charge is 2.26. The summed E-state index contributed by atoms with van der Waals surface area (Å²) in [4.78, 5) is 7.23. The molecule has 2 fully saturated rings. The third-order valence-electron chi connectivity index (χ3n) is 5.89. The lowest BCUT2D eigenvalue weighted by Gasteiger charge is -2.39. The van der Waals surface area contributed by atoms with Gasteiger partial charge in [-0.15, -0.1) is 0 Å². The first-order valence-electron chi connectivity index (χ1n) is 10.7. The summed E-state index contributed by atoms with van der Waals surface area (Å²) < 4.78 is 14.0.